The van der Waals surface area contributed by atoms with Crippen molar-refractivity contribution in [2.24, 2.45) is 0 Å². The number of aliphatic hydroxyl groups is 1. The molecule has 0 unspecified atom stereocenters. The van der Waals surface area contributed by atoms with Crippen molar-refractivity contribution in [3.63, 3.8) is 0 Å². The third kappa shape index (κ3) is 3.25. The van der Waals surface area contributed by atoms with Gasteiger partial charge in [0, 0.05) is 19.1 Å². The summed E-state index contributed by atoms with van der Waals surface area (Å²) >= 11 is 0. The Morgan fingerprint density at radius 1 is 1.42 bits per heavy atom. The van der Waals surface area contributed by atoms with Crippen molar-refractivity contribution in [2.75, 3.05) is 24.6 Å². The predicted octanol–water partition coefficient (Wildman–Crippen LogP) is 2.29. The van der Waals surface area contributed by atoms with Crippen LogP contribution < -0.4 is 10.2 Å². The molecule has 0 amide bonds. The van der Waals surface area contributed by atoms with E-state index in [1.807, 2.05) is 17.9 Å². The molecule has 0 heterocycles. The molecule has 2 N–H and O–H groups in total. The molecular formula is C15H23FN2O. The second-order valence-electron chi connectivity index (χ2n) is 5.03. The minimum absolute atomic E-state index is 0.0610. The van der Waals surface area contributed by atoms with E-state index in [1.165, 1.54) is 12.5 Å². The van der Waals surface area contributed by atoms with Crippen LogP contribution in [0.3, 0.4) is 0 Å². The standard InChI is InChI=1S/C15H23FN2O/c1-2-17-11-12-5-3-8-14(16)15(12)18(9-10-19)13-6-4-7-13/h3,5,8,13,17,19H,2,4,6-7,9-11H2,1H3. The molecule has 1 aromatic carbocycles. The molecule has 2 rings (SSSR count). The molecule has 1 saturated carbocycles. The van der Waals surface area contributed by atoms with E-state index >= 15 is 0 Å². The molecule has 1 fully saturated rings. The zero-order valence-corrected chi connectivity index (χ0v) is 11.5. The first-order valence-electron chi connectivity index (χ1n) is 7.13. The molecule has 1 aromatic rings. The molecule has 0 radical (unpaired) electrons. The SMILES string of the molecule is CCNCc1cccc(F)c1N(CCO)C1CCC1. The fraction of sp³-hybridized carbons (Fsp3) is 0.600. The van der Waals surface area contributed by atoms with Crippen LogP contribution in [0.25, 0.3) is 0 Å². The quantitative estimate of drug-likeness (QED) is 0.795. The van der Waals surface area contributed by atoms with Gasteiger partial charge in [-0.3, -0.25) is 0 Å². The van der Waals surface area contributed by atoms with E-state index in [1.54, 1.807) is 6.07 Å². The van der Waals surface area contributed by atoms with Crippen molar-refractivity contribution >= 4 is 5.69 Å². The van der Waals surface area contributed by atoms with Crippen molar-refractivity contribution in [3.8, 4) is 0 Å². The Balaban J connectivity index is 2.27. The van der Waals surface area contributed by atoms with E-state index in [0.29, 0.717) is 24.8 Å². The van der Waals surface area contributed by atoms with Crippen LogP contribution >= 0.6 is 0 Å². The Morgan fingerprint density at radius 2 is 2.21 bits per heavy atom. The molecule has 19 heavy (non-hydrogen) atoms. The van der Waals surface area contributed by atoms with E-state index < -0.39 is 0 Å². The number of rotatable bonds is 7. The van der Waals surface area contributed by atoms with Crippen LogP contribution in [0.15, 0.2) is 18.2 Å². The molecule has 1 aliphatic carbocycles. The second kappa shape index (κ2) is 6.87. The van der Waals surface area contributed by atoms with Crippen LogP contribution in [0.2, 0.25) is 0 Å². The number of nitrogens with one attached hydrogen (secondary N) is 1. The molecule has 0 aromatic heterocycles. The van der Waals surface area contributed by atoms with Crippen molar-refractivity contribution in [1.82, 2.24) is 5.32 Å². The number of benzene rings is 1. The van der Waals surface area contributed by atoms with Gasteiger partial charge in [0.25, 0.3) is 0 Å². The molecule has 0 atom stereocenters. The molecule has 4 heteroatoms. The van der Waals surface area contributed by atoms with E-state index in [-0.39, 0.29) is 12.4 Å². The highest BCUT2D eigenvalue weighted by Crippen LogP contribution is 2.33. The van der Waals surface area contributed by atoms with Crippen LogP contribution in [0.5, 0.6) is 0 Å². The second-order valence-corrected chi connectivity index (χ2v) is 5.03. The van der Waals surface area contributed by atoms with Gasteiger partial charge in [0.05, 0.1) is 12.3 Å². The fourth-order valence-electron chi connectivity index (χ4n) is 2.57. The van der Waals surface area contributed by atoms with Gasteiger partial charge in [0.2, 0.25) is 0 Å². The molecular weight excluding hydrogens is 243 g/mol. The minimum atomic E-state index is -0.184. The summed E-state index contributed by atoms with van der Waals surface area (Å²) in [5.41, 5.74) is 1.64. The van der Waals surface area contributed by atoms with E-state index in [4.69, 9.17) is 0 Å². The smallest absolute Gasteiger partial charge is 0.146 e. The normalized spacial score (nSPS) is 15.3. The number of halogens is 1. The average Bonchev–Trinajstić information content (AvgIpc) is 2.34. The number of nitrogens with zero attached hydrogens (tertiary/aromatic N) is 1. The summed E-state index contributed by atoms with van der Waals surface area (Å²) in [5.74, 6) is -0.184. The number of para-hydroxylation sites is 1. The highest BCUT2D eigenvalue weighted by molar-refractivity contribution is 5.56. The first-order valence-corrected chi connectivity index (χ1v) is 7.13. The van der Waals surface area contributed by atoms with Crippen LogP contribution in [0.4, 0.5) is 10.1 Å². The zero-order chi connectivity index (χ0) is 13.7. The summed E-state index contributed by atoms with van der Waals surface area (Å²) in [6.07, 6.45) is 3.38. The zero-order valence-electron chi connectivity index (χ0n) is 11.5. The lowest BCUT2D eigenvalue weighted by Crippen LogP contribution is -2.43. The summed E-state index contributed by atoms with van der Waals surface area (Å²) in [5, 5.41) is 12.5. The summed E-state index contributed by atoms with van der Waals surface area (Å²) in [4.78, 5) is 2.05. The molecule has 0 spiro atoms. The van der Waals surface area contributed by atoms with Gasteiger partial charge in [-0.1, -0.05) is 19.1 Å². The van der Waals surface area contributed by atoms with Crippen LogP contribution in [-0.2, 0) is 6.54 Å². The first-order chi connectivity index (χ1) is 9.27. The maximum Gasteiger partial charge on any atom is 0.146 e. The highest BCUT2D eigenvalue weighted by atomic mass is 19.1. The Morgan fingerprint density at radius 3 is 2.79 bits per heavy atom. The van der Waals surface area contributed by atoms with Crippen molar-refractivity contribution in [1.29, 1.82) is 0 Å². The van der Waals surface area contributed by atoms with Gasteiger partial charge < -0.3 is 15.3 Å². The van der Waals surface area contributed by atoms with Crippen molar-refractivity contribution in [3.05, 3.63) is 29.6 Å². The van der Waals surface area contributed by atoms with Gasteiger partial charge in [0.15, 0.2) is 0 Å². The Bertz CT molecular complexity index is 407. The summed E-state index contributed by atoms with van der Waals surface area (Å²) in [7, 11) is 0. The van der Waals surface area contributed by atoms with E-state index in [9.17, 15) is 9.50 Å². The molecule has 0 aliphatic heterocycles. The fourth-order valence-corrected chi connectivity index (χ4v) is 2.57. The lowest BCUT2D eigenvalue weighted by atomic mass is 9.90. The van der Waals surface area contributed by atoms with Crippen LogP contribution in [0, 0.1) is 5.82 Å². The maximum atomic E-state index is 14.2. The van der Waals surface area contributed by atoms with Crippen molar-refractivity contribution in [2.45, 2.75) is 38.8 Å². The summed E-state index contributed by atoms with van der Waals surface area (Å²) < 4.78 is 14.2. The number of hydrogen-bond donors (Lipinski definition) is 2. The first kappa shape index (κ1) is 14.3. The minimum Gasteiger partial charge on any atom is -0.395 e. The highest BCUT2D eigenvalue weighted by Gasteiger charge is 2.28. The third-order valence-corrected chi connectivity index (χ3v) is 3.78. The van der Waals surface area contributed by atoms with Crippen LogP contribution in [-0.4, -0.2) is 30.8 Å². The van der Waals surface area contributed by atoms with Crippen LogP contribution in [0.1, 0.15) is 31.7 Å². The number of hydrogen-bond acceptors (Lipinski definition) is 3. The maximum absolute atomic E-state index is 14.2. The van der Waals surface area contributed by atoms with Crippen molar-refractivity contribution < 1.29 is 9.50 Å². The Hall–Kier alpha value is -1.13. The summed E-state index contributed by atoms with van der Waals surface area (Å²) in [6.45, 7) is 4.13. The summed E-state index contributed by atoms with van der Waals surface area (Å²) in [6, 6.07) is 5.60. The van der Waals surface area contributed by atoms with Gasteiger partial charge in [-0.05, 0) is 37.4 Å². The predicted molar refractivity (Wildman–Crippen MR) is 75.9 cm³/mol. The van der Waals surface area contributed by atoms with Gasteiger partial charge in [-0.25, -0.2) is 4.39 Å². The van der Waals surface area contributed by atoms with Gasteiger partial charge in [-0.2, -0.15) is 0 Å². The number of anilines is 1. The van der Waals surface area contributed by atoms with E-state index in [2.05, 4.69) is 5.32 Å². The molecule has 1 aliphatic rings. The average molecular weight is 266 g/mol. The van der Waals surface area contributed by atoms with E-state index in [0.717, 1.165) is 24.9 Å². The molecule has 3 nitrogen and oxygen atoms in total. The van der Waals surface area contributed by atoms with Gasteiger partial charge in [-0.15, -0.1) is 0 Å². The monoisotopic (exact) mass is 266 g/mol. The van der Waals surface area contributed by atoms with Gasteiger partial charge in [0.1, 0.15) is 5.82 Å². The Kier molecular flexibility index (Phi) is 5.16. The largest absolute Gasteiger partial charge is 0.395 e. The molecule has 0 bridgehead atoms. The lowest BCUT2D eigenvalue weighted by molar-refractivity contribution is 0.282. The lowest BCUT2D eigenvalue weighted by Gasteiger charge is -2.40. The molecule has 106 valence electrons. The number of aliphatic hydroxyl groups excluding tert-OH is 1. The topological polar surface area (TPSA) is 35.5 Å². The Labute approximate surface area is 114 Å². The molecule has 0 saturated heterocycles. The third-order valence-electron chi connectivity index (χ3n) is 3.78. The van der Waals surface area contributed by atoms with Gasteiger partial charge >= 0.3 is 0 Å².